The highest BCUT2D eigenvalue weighted by Crippen LogP contribution is 2.18. The summed E-state index contributed by atoms with van der Waals surface area (Å²) in [6.45, 7) is 2.15. The summed E-state index contributed by atoms with van der Waals surface area (Å²) in [6, 6.07) is 0. The maximum atomic E-state index is 10.3. The highest BCUT2D eigenvalue weighted by atomic mass is 16.6. The molecule has 1 saturated heterocycles. The first-order valence-electron chi connectivity index (χ1n) is 3.55. The van der Waals surface area contributed by atoms with Gasteiger partial charge in [-0.05, 0) is 12.8 Å². The van der Waals surface area contributed by atoms with E-state index in [1.807, 2.05) is 0 Å². The summed E-state index contributed by atoms with van der Waals surface area (Å²) in [5.41, 5.74) is 0. The normalized spacial score (nSPS) is 23.7. The molecule has 0 aromatic rings. The smallest absolute Gasteiger partial charge is 0.348 e. The van der Waals surface area contributed by atoms with Crippen molar-refractivity contribution in [3.63, 3.8) is 0 Å². The molecule has 0 aromatic carbocycles. The summed E-state index contributed by atoms with van der Waals surface area (Å²) >= 11 is 0. The van der Waals surface area contributed by atoms with Crippen LogP contribution in [0.15, 0.2) is 0 Å². The van der Waals surface area contributed by atoms with E-state index >= 15 is 0 Å². The molecule has 0 radical (unpaired) electrons. The molecule has 0 aromatic heterocycles. The third-order valence-corrected chi connectivity index (χ3v) is 1.53. The second kappa shape index (κ2) is 2.85. The summed E-state index contributed by atoms with van der Waals surface area (Å²) < 4.78 is 4.62. The molecule has 52 valence electrons. The number of unbranched alkanes of at least 4 members (excludes halogenated alkanes) is 2. The molecule has 1 unspecified atom stereocenters. The molecule has 2 heteroatoms. The van der Waals surface area contributed by atoms with Gasteiger partial charge < -0.3 is 4.74 Å². The molecule has 1 fully saturated rings. The Labute approximate surface area is 55.2 Å². The van der Waals surface area contributed by atoms with Gasteiger partial charge >= 0.3 is 5.97 Å². The Hall–Kier alpha value is -0.530. The van der Waals surface area contributed by atoms with Crippen LogP contribution < -0.4 is 0 Å². The average molecular weight is 128 g/mol. The lowest BCUT2D eigenvalue weighted by Gasteiger charge is -1.89. The third kappa shape index (κ3) is 2.04. The number of hydrogen-bond acceptors (Lipinski definition) is 2. The van der Waals surface area contributed by atoms with Crippen LogP contribution in [-0.4, -0.2) is 12.1 Å². The number of carbonyl (C=O) groups is 1. The largest absolute Gasteiger partial charge is 0.448 e. The summed E-state index contributed by atoms with van der Waals surface area (Å²) in [5, 5.41) is 0. The van der Waals surface area contributed by atoms with Gasteiger partial charge in [0.1, 0.15) is 0 Å². The predicted molar refractivity (Wildman–Crippen MR) is 34.0 cm³/mol. The third-order valence-electron chi connectivity index (χ3n) is 1.53. The topological polar surface area (TPSA) is 29.6 Å². The van der Waals surface area contributed by atoms with Crippen molar-refractivity contribution in [1.82, 2.24) is 0 Å². The molecule has 0 N–H and O–H groups in total. The quantitative estimate of drug-likeness (QED) is 0.424. The SMILES string of the molecule is CCCCCC1OC1=O. The number of carbonyl (C=O) groups excluding carboxylic acids is 1. The van der Waals surface area contributed by atoms with E-state index in [2.05, 4.69) is 11.7 Å². The maximum absolute atomic E-state index is 10.3. The molecule has 2 nitrogen and oxygen atoms in total. The van der Waals surface area contributed by atoms with E-state index in [-0.39, 0.29) is 12.1 Å². The summed E-state index contributed by atoms with van der Waals surface area (Å²) in [6.07, 6.45) is 4.48. The fourth-order valence-electron chi connectivity index (χ4n) is 0.863. The van der Waals surface area contributed by atoms with Gasteiger partial charge in [-0.1, -0.05) is 19.8 Å². The van der Waals surface area contributed by atoms with Crippen molar-refractivity contribution in [3.05, 3.63) is 0 Å². The minimum Gasteiger partial charge on any atom is -0.448 e. The van der Waals surface area contributed by atoms with Gasteiger partial charge in [0.25, 0.3) is 0 Å². The van der Waals surface area contributed by atoms with Gasteiger partial charge in [-0.25, -0.2) is 4.79 Å². The van der Waals surface area contributed by atoms with Crippen LogP contribution in [-0.2, 0) is 9.53 Å². The molecule has 0 bridgehead atoms. The summed E-state index contributed by atoms with van der Waals surface area (Å²) in [7, 11) is 0. The van der Waals surface area contributed by atoms with Gasteiger partial charge in [0.2, 0.25) is 0 Å². The molecular weight excluding hydrogens is 116 g/mol. The summed E-state index contributed by atoms with van der Waals surface area (Å²) in [5.74, 6) is -0.00824. The molecule has 1 aliphatic rings. The molecule has 0 spiro atoms. The fraction of sp³-hybridized carbons (Fsp3) is 0.857. The van der Waals surface area contributed by atoms with E-state index in [0.29, 0.717) is 0 Å². The second-order valence-corrected chi connectivity index (χ2v) is 2.42. The number of ether oxygens (including phenoxy) is 1. The Morgan fingerprint density at radius 1 is 1.56 bits per heavy atom. The maximum Gasteiger partial charge on any atom is 0.348 e. The highest BCUT2D eigenvalue weighted by Gasteiger charge is 2.36. The minimum atomic E-state index is -0.0171. The van der Waals surface area contributed by atoms with E-state index in [4.69, 9.17) is 0 Å². The molecule has 1 atom stereocenters. The number of cyclic esters (lactones) is 1. The molecule has 1 heterocycles. The Morgan fingerprint density at radius 3 is 2.67 bits per heavy atom. The molecular formula is C7H12O2. The molecule has 1 aliphatic heterocycles. The van der Waals surface area contributed by atoms with Gasteiger partial charge in [0, 0.05) is 0 Å². The van der Waals surface area contributed by atoms with E-state index in [1.165, 1.54) is 12.8 Å². The number of hydrogen-bond donors (Lipinski definition) is 0. The van der Waals surface area contributed by atoms with Crippen LogP contribution in [0.5, 0.6) is 0 Å². The van der Waals surface area contributed by atoms with Crippen LogP contribution >= 0.6 is 0 Å². The summed E-state index contributed by atoms with van der Waals surface area (Å²) in [4.78, 5) is 10.3. The van der Waals surface area contributed by atoms with Crippen molar-refractivity contribution in [1.29, 1.82) is 0 Å². The molecule has 0 aliphatic carbocycles. The van der Waals surface area contributed by atoms with Gasteiger partial charge in [0.15, 0.2) is 6.10 Å². The highest BCUT2D eigenvalue weighted by molar-refractivity contribution is 5.87. The second-order valence-electron chi connectivity index (χ2n) is 2.42. The van der Waals surface area contributed by atoms with Gasteiger partial charge in [-0.3, -0.25) is 0 Å². The lowest BCUT2D eigenvalue weighted by molar-refractivity contribution is -0.117. The molecule has 1 rings (SSSR count). The van der Waals surface area contributed by atoms with Crippen molar-refractivity contribution in [2.75, 3.05) is 0 Å². The Kier molecular flexibility index (Phi) is 2.09. The fourth-order valence-corrected chi connectivity index (χ4v) is 0.863. The first-order valence-corrected chi connectivity index (χ1v) is 3.55. The Bertz CT molecular complexity index is 109. The monoisotopic (exact) mass is 128 g/mol. The molecule has 0 saturated carbocycles. The lowest BCUT2D eigenvalue weighted by Crippen LogP contribution is -1.86. The standard InChI is InChI=1S/C7H12O2/c1-2-3-4-5-6-7(8)9-6/h6H,2-5H2,1H3. The van der Waals surface area contributed by atoms with Gasteiger partial charge in [-0.15, -0.1) is 0 Å². The van der Waals surface area contributed by atoms with E-state index in [9.17, 15) is 4.79 Å². The van der Waals surface area contributed by atoms with Crippen molar-refractivity contribution in [2.24, 2.45) is 0 Å². The Balaban J connectivity index is 1.88. The zero-order valence-electron chi connectivity index (χ0n) is 5.72. The van der Waals surface area contributed by atoms with Crippen LogP contribution in [0.1, 0.15) is 32.6 Å². The predicted octanol–water partition coefficient (Wildman–Crippen LogP) is 1.49. The van der Waals surface area contributed by atoms with Crippen LogP contribution in [0.25, 0.3) is 0 Å². The lowest BCUT2D eigenvalue weighted by atomic mass is 10.2. The van der Waals surface area contributed by atoms with Crippen molar-refractivity contribution < 1.29 is 9.53 Å². The Morgan fingerprint density at radius 2 is 2.22 bits per heavy atom. The van der Waals surface area contributed by atoms with E-state index in [0.717, 1.165) is 12.8 Å². The van der Waals surface area contributed by atoms with E-state index in [1.54, 1.807) is 0 Å². The van der Waals surface area contributed by atoms with Crippen molar-refractivity contribution in [2.45, 2.75) is 38.7 Å². The first-order chi connectivity index (χ1) is 4.34. The van der Waals surface area contributed by atoms with Crippen LogP contribution in [0.3, 0.4) is 0 Å². The minimum absolute atomic E-state index is 0.00824. The number of epoxide rings is 1. The number of rotatable bonds is 4. The van der Waals surface area contributed by atoms with E-state index < -0.39 is 0 Å². The van der Waals surface area contributed by atoms with Crippen LogP contribution in [0.4, 0.5) is 0 Å². The van der Waals surface area contributed by atoms with Crippen LogP contribution in [0, 0.1) is 0 Å². The average Bonchev–Trinajstić information content (AvgIpc) is 2.48. The van der Waals surface area contributed by atoms with Crippen molar-refractivity contribution in [3.8, 4) is 0 Å². The molecule has 0 amide bonds. The zero-order valence-corrected chi connectivity index (χ0v) is 5.72. The van der Waals surface area contributed by atoms with Gasteiger partial charge in [0.05, 0.1) is 0 Å². The molecule has 9 heavy (non-hydrogen) atoms. The van der Waals surface area contributed by atoms with Gasteiger partial charge in [-0.2, -0.15) is 0 Å². The van der Waals surface area contributed by atoms with Crippen LogP contribution in [0.2, 0.25) is 0 Å². The van der Waals surface area contributed by atoms with Crippen molar-refractivity contribution >= 4 is 5.97 Å². The first kappa shape index (κ1) is 6.59. The zero-order chi connectivity index (χ0) is 6.69.